The fourth-order valence-corrected chi connectivity index (χ4v) is 7.10. The number of carbonyl (C=O) groups is 1. The van der Waals surface area contributed by atoms with E-state index < -0.39 is 27.0 Å². The van der Waals surface area contributed by atoms with Crippen molar-refractivity contribution >= 4 is 27.6 Å². The van der Waals surface area contributed by atoms with Crippen LogP contribution in [0.5, 0.6) is 0 Å². The molecule has 2 saturated heterocycles. The molecule has 0 radical (unpaired) electrons. The number of hydroxylamine groups is 1. The number of nitrogens with zero attached hydrogens (tertiary/aromatic N) is 2. The van der Waals surface area contributed by atoms with Gasteiger partial charge in [0.15, 0.2) is 6.29 Å². The van der Waals surface area contributed by atoms with Gasteiger partial charge in [-0.25, -0.2) is 18.7 Å². The van der Waals surface area contributed by atoms with Crippen LogP contribution in [0, 0.1) is 0 Å². The first-order valence-electron chi connectivity index (χ1n) is 13.9. The summed E-state index contributed by atoms with van der Waals surface area (Å²) < 4.78 is 39.7. The third kappa shape index (κ3) is 6.82. The summed E-state index contributed by atoms with van der Waals surface area (Å²) in [5.74, 6) is -0.445. The Hall–Kier alpha value is -3.02. The number of carbonyl (C=O) groups excluding carboxylic acids is 1. The van der Waals surface area contributed by atoms with Gasteiger partial charge in [0.1, 0.15) is 4.75 Å². The van der Waals surface area contributed by atoms with E-state index in [1.165, 1.54) is 10.0 Å². The highest BCUT2D eigenvalue weighted by molar-refractivity contribution is 7.91. The molecule has 40 heavy (non-hydrogen) atoms. The maximum Gasteiger partial charge on any atom is 0.267 e. The van der Waals surface area contributed by atoms with E-state index in [1.54, 1.807) is 24.5 Å². The quantitative estimate of drug-likeness (QED) is 0.345. The van der Waals surface area contributed by atoms with Crippen molar-refractivity contribution in [3.63, 3.8) is 0 Å². The zero-order valence-electron chi connectivity index (χ0n) is 22.6. The highest BCUT2D eigenvalue weighted by Crippen LogP contribution is 2.39. The second-order valence-corrected chi connectivity index (χ2v) is 12.5. The van der Waals surface area contributed by atoms with Crippen LogP contribution in [0.4, 0.5) is 0 Å². The fraction of sp³-hybridized carbons (Fsp3) is 0.433. The molecule has 2 fully saturated rings. The summed E-state index contributed by atoms with van der Waals surface area (Å²) in [6.45, 7) is 4.16. The number of aromatic nitrogens is 1. The average Bonchev–Trinajstić information content (AvgIpc) is 3.50. The van der Waals surface area contributed by atoms with Gasteiger partial charge in [-0.2, -0.15) is 0 Å². The van der Waals surface area contributed by atoms with Crippen molar-refractivity contribution in [3.05, 3.63) is 84.2 Å². The highest BCUT2D eigenvalue weighted by atomic mass is 32.2. The Morgan fingerprint density at radius 3 is 2.73 bits per heavy atom. The number of nitrogens with one attached hydrogen (secondary N) is 1. The molecule has 2 atom stereocenters. The number of rotatable bonds is 10. The summed E-state index contributed by atoms with van der Waals surface area (Å²) in [6.07, 6.45) is 14.8. The molecule has 9 nitrogen and oxygen atoms in total. The highest BCUT2D eigenvalue weighted by Gasteiger charge is 2.44. The molecule has 3 aliphatic rings. The molecule has 1 aliphatic carbocycles. The molecule has 1 amide bonds. The molecule has 2 unspecified atom stereocenters. The SMILES string of the molecule is O=C(/C=C/c1ccn(S(=O)(=O)C2(CCN3CCOCC3)C=CC=C(c3ccccc3)C2)c1)NOC1CCCCO1. The van der Waals surface area contributed by atoms with Crippen LogP contribution in [0.15, 0.2) is 73.1 Å². The van der Waals surface area contributed by atoms with Gasteiger partial charge < -0.3 is 9.47 Å². The first kappa shape index (κ1) is 28.5. The molecule has 2 aliphatic heterocycles. The molecule has 1 aromatic heterocycles. The van der Waals surface area contributed by atoms with Crippen molar-refractivity contribution in [2.45, 2.75) is 43.1 Å². The van der Waals surface area contributed by atoms with E-state index in [0.717, 1.165) is 43.5 Å². The monoisotopic (exact) mass is 567 g/mol. The summed E-state index contributed by atoms with van der Waals surface area (Å²) in [5, 5.41) is 0. The normalized spacial score (nSPS) is 24.2. The van der Waals surface area contributed by atoms with Gasteiger partial charge in [0.25, 0.3) is 5.91 Å². The smallest absolute Gasteiger partial charge is 0.267 e. The number of benzene rings is 1. The molecule has 1 N–H and O–H groups in total. The van der Waals surface area contributed by atoms with Gasteiger partial charge in [-0.05, 0) is 54.5 Å². The van der Waals surface area contributed by atoms with Crippen LogP contribution in [0.1, 0.15) is 43.2 Å². The Morgan fingerprint density at radius 1 is 1.12 bits per heavy atom. The average molecular weight is 568 g/mol. The molecule has 0 spiro atoms. The number of allylic oxidation sites excluding steroid dienone is 3. The zero-order chi connectivity index (χ0) is 27.8. The molecule has 3 heterocycles. The van der Waals surface area contributed by atoms with Crippen LogP contribution < -0.4 is 5.48 Å². The predicted octanol–water partition coefficient (Wildman–Crippen LogP) is 3.76. The Morgan fingerprint density at radius 2 is 1.95 bits per heavy atom. The third-order valence-corrected chi connectivity index (χ3v) is 9.92. The van der Waals surface area contributed by atoms with Crippen LogP contribution in [0.2, 0.25) is 0 Å². The maximum absolute atomic E-state index is 14.3. The minimum Gasteiger partial charge on any atom is -0.379 e. The van der Waals surface area contributed by atoms with Gasteiger partial charge in [0, 0.05) is 51.1 Å². The predicted molar refractivity (Wildman–Crippen MR) is 153 cm³/mol. The van der Waals surface area contributed by atoms with Crippen molar-refractivity contribution < 1.29 is 27.5 Å². The molecular formula is C30H37N3O6S. The lowest BCUT2D eigenvalue weighted by atomic mass is 9.87. The van der Waals surface area contributed by atoms with Gasteiger partial charge in [0.2, 0.25) is 10.0 Å². The number of amides is 1. The van der Waals surface area contributed by atoms with Gasteiger partial charge in [-0.1, -0.05) is 48.6 Å². The van der Waals surface area contributed by atoms with Crippen molar-refractivity contribution in [1.82, 2.24) is 14.4 Å². The number of ether oxygens (including phenoxy) is 2. The molecule has 10 heteroatoms. The first-order valence-corrected chi connectivity index (χ1v) is 15.3. The minimum absolute atomic E-state index is 0.368. The molecule has 0 bridgehead atoms. The van der Waals surface area contributed by atoms with Crippen molar-refractivity contribution in [2.75, 3.05) is 39.5 Å². The largest absolute Gasteiger partial charge is 0.379 e. The van der Waals surface area contributed by atoms with Gasteiger partial charge in [-0.3, -0.25) is 13.7 Å². The van der Waals surface area contributed by atoms with Gasteiger partial charge in [-0.15, -0.1) is 0 Å². The maximum atomic E-state index is 14.3. The zero-order valence-corrected chi connectivity index (χ0v) is 23.4. The van der Waals surface area contributed by atoms with Crippen LogP contribution >= 0.6 is 0 Å². The lowest BCUT2D eigenvalue weighted by molar-refractivity contribution is -0.198. The van der Waals surface area contributed by atoms with Crippen molar-refractivity contribution in [2.24, 2.45) is 0 Å². The van der Waals surface area contributed by atoms with E-state index in [9.17, 15) is 13.2 Å². The molecule has 1 aromatic carbocycles. The van der Waals surface area contributed by atoms with Crippen molar-refractivity contribution in [3.8, 4) is 0 Å². The van der Waals surface area contributed by atoms with Crippen molar-refractivity contribution in [1.29, 1.82) is 0 Å². The Kier molecular flexibility index (Phi) is 9.33. The molecule has 5 rings (SSSR count). The standard InChI is InChI=1S/C30H37N3O6S/c34-28(31-39-29-10-4-5-20-38-29)12-11-25-13-16-33(24-25)40(35,36)30(15-17-32-18-21-37-22-19-32)14-6-9-27(23-30)26-7-2-1-3-8-26/h1-3,6-9,11-14,16,24,29H,4-5,10,15,17-23H2,(H,31,34)/b12-11+. The summed E-state index contributed by atoms with van der Waals surface area (Å²) in [4.78, 5) is 19.8. The topological polar surface area (TPSA) is 99.1 Å². The fourth-order valence-electron chi connectivity index (χ4n) is 5.26. The first-order chi connectivity index (χ1) is 19.5. The number of hydrogen-bond donors (Lipinski definition) is 1. The third-order valence-electron chi connectivity index (χ3n) is 7.62. The minimum atomic E-state index is -3.85. The summed E-state index contributed by atoms with van der Waals surface area (Å²) >= 11 is 0. The van der Waals surface area contributed by atoms with E-state index in [-0.39, 0.29) is 0 Å². The molecular weight excluding hydrogens is 530 g/mol. The summed E-state index contributed by atoms with van der Waals surface area (Å²) in [6, 6.07) is 11.6. The number of hydrogen-bond acceptors (Lipinski definition) is 7. The van der Waals surface area contributed by atoms with E-state index >= 15 is 0 Å². The van der Waals surface area contributed by atoms with E-state index in [4.69, 9.17) is 14.3 Å². The van der Waals surface area contributed by atoms with Crippen LogP contribution in [-0.2, 0) is 29.1 Å². The van der Waals surface area contributed by atoms with Gasteiger partial charge in [0.05, 0.1) is 13.2 Å². The Balaban J connectivity index is 1.32. The number of morpholine rings is 1. The Bertz CT molecular complexity index is 1340. The molecule has 0 saturated carbocycles. The van der Waals surface area contributed by atoms with E-state index in [2.05, 4.69) is 10.4 Å². The second kappa shape index (κ2) is 13.1. The van der Waals surface area contributed by atoms with E-state index in [0.29, 0.717) is 44.8 Å². The lowest BCUT2D eigenvalue weighted by Gasteiger charge is -2.36. The van der Waals surface area contributed by atoms with E-state index in [1.807, 2.05) is 48.6 Å². The summed E-state index contributed by atoms with van der Waals surface area (Å²) in [7, 11) is -3.85. The summed E-state index contributed by atoms with van der Waals surface area (Å²) in [5.41, 5.74) is 4.97. The van der Waals surface area contributed by atoms with Crippen LogP contribution in [0.3, 0.4) is 0 Å². The van der Waals surface area contributed by atoms with Crippen LogP contribution in [0.25, 0.3) is 11.6 Å². The Labute approximate surface area is 236 Å². The van der Waals surface area contributed by atoms with Crippen LogP contribution in [-0.4, -0.2) is 73.7 Å². The lowest BCUT2D eigenvalue weighted by Crippen LogP contribution is -2.46. The molecule has 2 aromatic rings. The molecule has 214 valence electrons. The second-order valence-electron chi connectivity index (χ2n) is 10.4. The van der Waals surface area contributed by atoms with Gasteiger partial charge >= 0.3 is 0 Å².